The van der Waals surface area contributed by atoms with E-state index in [1.807, 2.05) is 17.6 Å². The summed E-state index contributed by atoms with van der Waals surface area (Å²) in [5.41, 5.74) is 3.83. The highest BCUT2D eigenvalue weighted by Gasteiger charge is 2.14. The fourth-order valence-corrected chi connectivity index (χ4v) is 3.30. The fraction of sp³-hybridized carbons (Fsp3) is 0.462. The maximum atomic E-state index is 6.26. The van der Waals surface area contributed by atoms with Crippen molar-refractivity contribution in [2.45, 2.75) is 25.3 Å². The number of nitrogens with one attached hydrogen (secondary N) is 2. The summed E-state index contributed by atoms with van der Waals surface area (Å²) in [5.74, 6) is 0. The number of benzene rings is 1. The number of rotatable bonds is 3. The lowest BCUT2D eigenvalue weighted by atomic mass is 10.1. The van der Waals surface area contributed by atoms with Gasteiger partial charge in [0.25, 0.3) is 0 Å². The molecule has 2 heterocycles. The van der Waals surface area contributed by atoms with Crippen molar-refractivity contribution in [2.24, 2.45) is 0 Å². The van der Waals surface area contributed by atoms with E-state index in [1.165, 1.54) is 24.0 Å². The molecule has 1 aromatic carbocycles. The highest BCUT2D eigenvalue weighted by molar-refractivity contribution is 7.16. The van der Waals surface area contributed by atoms with Crippen LogP contribution in [-0.4, -0.2) is 24.1 Å². The van der Waals surface area contributed by atoms with Crippen molar-refractivity contribution in [2.75, 3.05) is 18.4 Å². The molecule has 0 spiro atoms. The molecule has 5 heteroatoms. The molecule has 3 rings (SSSR count). The van der Waals surface area contributed by atoms with Gasteiger partial charge in [0.05, 0.1) is 20.9 Å². The van der Waals surface area contributed by atoms with Gasteiger partial charge < -0.3 is 10.6 Å². The van der Waals surface area contributed by atoms with Crippen LogP contribution in [0.25, 0.3) is 10.2 Å². The molecular formula is C13H16ClN3S. The highest BCUT2D eigenvalue weighted by Crippen LogP contribution is 2.32. The summed E-state index contributed by atoms with van der Waals surface area (Å²) >= 11 is 7.91. The van der Waals surface area contributed by atoms with E-state index in [9.17, 15) is 0 Å². The van der Waals surface area contributed by atoms with Crippen molar-refractivity contribution in [1.82, 2.24) is 10.3 Å². The van der Waals surface area contributed by atoms with E-state index in [-0.39, 0.29) is 0 Å². The minimum absolute atomic E-state index is 0.545. The smallest absolute Gasteiger partial charge is 0.106 e. The third-order valence-corrected chi connectivity index (χ3v) is 4.50. The second-order valence-electron chi connectivity index (χ2n) is 4.65. The highest BCUT2D eigenvalue weighted by atomic mass is 35.5. The van der Waals surface area contributed by atoms with Crippen molar-refractivity contribution in [3.8, 4) is 0 Å². The Kier molecular flexibility index (Phi) is 3.68. The Morgan fingerprint density at radius 1 is 1.44 bits per heavy atom. The van der Waals surface area contributed by atoms with Crippen LogP contribution in [0.4, 0.5) is 5.69 Å². The lowest BCUT2D eigenvalue weighted by molar-refractivity contribution is 0.414. The zero-order valence-corrected chi connectivity index (χ0v) is 11.7. The van der Waals surface area contributed by atoms with Gasteiger partial charge in [-0.3, -0.25) is 0 Å². The van der Waals surface area contributed by atoms with Crippen LogP contribution in [0.5, 0.6) is 0 Å². The van der Waals surface area contributed by atoms with Gasteiger partial charge >= 0.3 is 0 Å². The molecule has 0 bridgehead atoms. The maximum absolute atomic E-state index is 6.26. The Labute approximate surface area is 116 Å². The van der Waals surface area contributed by atoms with Gasteiger partial charge in [0.15, 0.2) is 0 Å². The number of fused-ring (bicyclic) bond motifs is 1. The van der Waals surface area contributed by atoms with Crippen LogP contribution in [0, 0.1) is 0 Å². The first-order valence-electron chi connectivity index (χ1n) is 6.33. The summed E-state index contributed by atoms with van der Waals surface area (Å²) in [7, 11) is 0. The molecule has 1 unspecified atom stereocenters. The number of nitrogens with zero attached hydrogens (tertiary/aromatic N) is 1. The predicted molar refractivity (Wildman–Crippen MR) is 78.8 cm³/mol. The molecule has 1 atom stereocenters. The van der Waals surface area contributed by atoms with Gasteiger partial charge in [-0.15, -0.1) is 11.3 Å². The van der Waals surface area contributed by atoms with E-state index in [0.717, 1.165) is 29.3 Å². The third kappa shape index (κ3) is 2.46. The second kappa shape index (κ2) is 5.43. The van der Waals surface area contributed by atoms with Gasteiger partial charge in [0.2, 0.25) is 0 Å². The Bertz CT molecular complexity index is 534. The van der Waals surface area contributed by atoms with Crippen LogP contribution in [0.1, 0.15) is 19.3 Å². The molecule has 2 N–H and O–H groups in total. The molecule has 0 saturated carbocycles. The summed E-state index contributed by atoms with van der Waals surface area (Å²) in [5, 5.41) is 7.74. The lowest BCUT2D eigenvalue weighted by Gasteiger charge is -2.24. The molecule has 0 radical (unpaired) electrons. The largest absolute Gasteiger partial charge is 0.380 e. The van der Waals surface area contributed by atoms with Crippen molar-refractivity contribution in [3.63, 3.8) is 0 Å². The third-order valence-electron chi connectivity index (χ3n) is 3.39. The van der Waals surface area contributed by atoms with Crippen LogP contribution in [-0.2, 0) is 0 Å². The Morgan fingerprint density at radius 2 is 2.39 bits per heavy atom. The molecule has 1 aliphatic rings. The molecule has 1 aliphatic heterocycles. The zero-order valence-electron chi connectivity index (χ0n) is 10.1. The maximum Gasteiger partial charge on any atom is 0.106 e. The van der Waals surface area contributed by atoms with E-state index in [4.69, 9.17) is 11.6 Å². The molecule has 96 valence electrons. The van der Waals surface area contributed by atoms with E-state index >= 15 is 0 Å². The number of thiazole rings is 1. The van der Waals surface area contributed by atoms with Gasteiger partial charge in [-0.2, -0.15) is 0 Å². The quantitative estimate of drug-likeness (QED) is 0.904. The number of anilines is 1. The van der Waals surface area contributed by atoms with E-state index in [0.29, 0.717) is 6.04 Å². The van der Waals surface area contributed by atoms with Crippen LogP contribution in [0.2, 0.25) is 5.02 Å². The zero-order chi connectivity index (χ0) is 12.4. The molecular weight excluding hydrogens is 266 g/mol. The van der Waals surface area contributed by atoms with Crippen LogP contribution >= 0.6 is 22.9 Å². The average Bonchev–Trinajstić information content (AvgIpc) is 2.87. The summed E-state index contributed by atoms with van der Waals surface area (Å²) < 4.78 is 1.18. The molecule has 1 saturated heterocycles. The van der Waals surface area contributed by atoms with Gasteiger partial charge in [-0.25, -0.2) is 4.98 Å². The summed E-state index contributed by atoms with van der Waals surface area (Å²) in [6.45, 7) is 2.04. The van der Waals surface area contributed by atoms with Gasteiger partial charge in [-0.05, 0) is 31.5 Å². The van der Waals surface area contributed by atoms with Crippen LogP contribution in [0.3, 0.4) is 0 Å². The van der Waals surface area contributed by atoms with Crippen LogP contribution < -0.4 is 10.6 Å². The monoisotopic (exact) mass is 281 g/mol. The summed E-state index contributed by atoms with van der Waals surface area (Å²) in [6.07, 6.45) is 3.84. The second-order valence-corrected chi connectivity index (χ2v) is 5.94. The molecule has 0 aliphatic carbocycles. The van der Waals surface area contributed by atoms with E-state index in [2.05, 4.69) is 15.6 Å². The number of aromatic nitrogens is 1. The van der Waals surface area contributed by atoms with Gasteiger partial charge in [-0.1, -0.05) is 18.0 Å². The first-order chi connectivity index (χ1) is 8.84. The lowest BCUT2D eigenvalue weighted by Crippen LogP contribution is -2.39. The van der Waals surface area contributed by atoms with Gasteiger partial charge in [0, 0.05) is 12.6 Å². The molecule has 1 fully saturated rings. The van der Waals surface area contributed by atoms with Gasteiger partial charge in [0.1, 0.15) is 5.52 Å². The predicted octanol–water partition coefficient (Wildman–Crippen LogP) is 3.50. The topological polar surface area (TPSA) is 37.0 Å². The normalized spacial score (nSPS) is 20.2. The number of piperidine rings is 1. The first-order valence-corrected chi connectivity index (χ1v) is 7.59. The molecule has 2 aromatic rings. The van der Waals surface area contributed by atoms with Crippen LogP contribution in [0.15, 0.2) is 17.6 Å². The minimum Gasteiger partial charge on any atom is -0.380 e. The van der Waals surface area contributed by atoms with Crippen molar-refractivity contribution in [1.29, 1.82) is 0 Å². The van der Waals surface area contributed by atoms with Crippen molar-refractivity contribution < 1.29 is 0 Å². The van der Waals surface area contributed by atoms with E-state index in [1.54, 1.807) is 11.3 Å². The minimum atomic E-state index is 0.545. The molecule has 0 amide bonds. The SMILES string of the molecule is Clc1ccc2scnc2c1NCC1CCCCN1. The van der Waals surface area contributed by atoms with Crippen molar-refractivity contribution in [3.05, 3.63) is 22.7 Å². The average molecular weight is 282 g/mol. The Morgan fingerprint density at radius 3 is 3.22 bits per heavy atom. The Hall–Kier alpha value is -0.840. The number of halogens is 1. The molecule has 3 nitrogen and oxygen atoms in total. The van der Waals surface area contributed by atoms with Crippen molar-refractivity contribution >= 4 is 38.8 Å². The van der Waals surface area contributed by atoms with E-state index < -0.39 is 0 Å². The summed E-state index contributed by atoms with van der Waals surface area (Å²) in [4.78, 5) is 4.39. The molecule has 18 heavy (non-hydrogen) atoms. The number of hydrogen-bond acceptors (Lipinski definition) is 4. The first kappa shape index (κ1) is 12.2. The number of hydrogen-bond donors (Lipinski definition) is 2. The standard InChI is InChI=1S/C13H16ClN3S/c14-10-4-5-11-13(17-8-18-11)12(10)16-7-9-3-1-2-6-15-9/h4-5,8-9,15-16H,1-3,6-7H2. The summed E-state index contributed by atoms with van der Waals surface area (Å²) in [6, 6.07) is 4.52. The Balaban J connectivity index is 1.76. The fourth-order valence-electron chi connectivity index (χ4n) is 2.40. The molecule has 1 aromatic heterocycles.